The van der Waals surface area contributed by atoms with E-state index in [1.165, 1.54) is 12.8 Å². The maximum atomic E-state index is 12.8. The lowest BCUT2D eigenvalue weighted by atomic mass is 9.70. The monoisotopic (exact) mass is 489 g/mol. The summed E-state index contributed by atoms with van der Waals surface area (Å²) in [6.45, 7) is 1.84. The molecule has 0 aromatic heterocycles. The normalized spacial score (nSPS) is 27.7. The summed E-state index contributed by atoms with van der Waals surface area (Å²) in [5, 5.41) is 8.95. The van der Waals surface area contributed by atoms with E-state index in [1.807, 2.05) is 36.4 Å². The molecule has 0 amide bonds. The summed E-state index contributed by atoms with van der Waals surface area (Å²) in [6, 6.07) is 17.2. The van der Waals surface area contributed by atoms with Gasteiger partial charge in [0, 0.05) is 0 Å². The number of rotatable bonds is 9. The zero-order valence-electron chi connectivity index (χ0n) is 20.8. The van der Waals surface area contributed by atoms with E-state index >= 15 is 0 Å². The van der Waals surface area contributed by atoms with Gasteiger partial charge in [0.1, 0.15) is 18.6 Å². The molecule has 0 bridgehead atoms. The Morgan fingerprint density at radius 3 is 2.03 bits per heavy atom. The van der Waals surface area contributed by atoms with Gasteiger partial charge in [0.25, 0.3) is 0 Å². The first-order chi connectivity index (χ1) is 17.7. The van der Waals surface area contributed by atoms with Crippen LogP contribution in [0.25, 0.3) is 11.1 Å². The molecule has 1 unspecified atom stereocenters. The zero-order chi connectivity index (χ0) is 24.7. The van der Waals surface area contributed by atoms with Crippen molar-refractivity contribution in [3.8, 4) is 22.9 Å². The molecule has 2 aromatic carbocycles. The van der Waals surface area contributed by atoms with E-state index in [4.69, 9.17) is 24.2 Å². The van der Waals surface area contributed by atoms with Gasteiger partial charge >= 0.3 is 5.97 Å². The second kappa shape index (κ2) is 12.0. The molecule has 0 N–H and O–H groups in total. The van der Waals surface area contributed by atoms with Crippen LogP contribution in [0.1, 0.15) is 56.9 Å². The van der Waals surface area contributed by atoms with Gasteiger partial charge in [-0.05, 0) is 98.6 Å². The minimum absolute atomic E-state index is 0.00767. The number of benzene rings is 2. The van der Waals surface area contributed by atoms with Gasteiger partial charge in [-0.25, -0.2) is 0 Å². The summed E-state index contributed by atoms with van der Waals surface area (Å²) in [5.74, 6) is 1.94. The molecular weight excluding hydrogens is 454 g/mol. The zero-order valence-corrected chi connectivity index (χ0v) is 20.8. The fraction of sp³-hybridized carbons (Fsp3) is 0.533. The Labute approximate surface area is 213 Å². The summed E-state index contributed by atoms with van der Waals surface area (Å²) >= 11 is 0. The average Bonchev–Trinajstić information content (AvgIpc) is 3.77. The van der Waals surface area contributed by atoms with E-state index in [2.05, 4.69) is 6.07 Å². The van der Waals surface area contributed by atoms with Crippen LogP contribution in [0.4, 0.5) is 0 Å². The van der Waals surface area contributed by atoms with Crippen molar-refractivity contribution in [2.45, 2.75) is 63.6 Å². The lowest BCUT2D eigenvalue weighted by Gasteiger charge is -2.37. The lowest BCUT2D eigenvalue weighted by Crippen LogP contribution is -2.31. The molecular formula is C30H35NO5. The molecule has 0 radical (unpaired) electrons. The highest BCUT2D eigenvalue weighted by Gasteiger charge is 2.34. The molecule has 3 aliphatic rings. The molecule has 1 saturated heterocycles. The molecule has 3 fully saturated rings. The fourth-order valence-corrected chi connectivity index (χ4v) is 5.69. The Balaban J connectivity index is 1.02. The van der Waals surface area contributed by atoms with Crippen molar-refractivity contribution < 1.29 is 23.7 Å². The number of nitrogens with zero attached hydrogens (tertiary/aromatic N) is 1. The van der Waals surface area contributed by atoms with Crippen molar-refractivity contribution in [1.29, 1.82) is 5.26 Å². The number of esters is 1. The Bertz CT molecular complexity index is 1020. The number of carbonyl (C=O) groups is 1. The number of hydrogen-bond donors (Lipinski definition) is 0. The largest absolute Gasteiger partial charge is 0.426 e. The Hall–Kier alpha value is -2.72. The Kier molecular flexibility index (Phi) is 8.32. The minimum Gasteiger partial charge on any atom is -0.426 e. The first-order valence-electron chi connectivity index (χ1n) is 13.3. The maximum Gasteiger partial charge on any atom is 0.314 e. The van der Waals surface area contributed by atoms with Gasteiger partial charge < -0.3 is 18.9 Å². The van der Waals surface area contributed by atoms with Gasteiger partial charge in [0.05, 0.1) is 36.9 Å². The highest BCUT2D eigenvalue weighted by molar-refractivity contribution is 5.75. The summed E-state index contributed by atoms with van der Waals surface area (Å²) in [6.07, 6.45) is 9.29. The topological polar surface area (TPSA) is 81.1 Å². The van der Waals surface area contributed by atoms with Crippen molar-refractivity contribution in [2.24, 2.45) is 17.8 Å². The first-order valence-corrected chi connectivity index (χ1v) is 13.3. The van der Waals surface area contributed by atoms with E-state index in [9.17, 15) is 4.79 Å². The van der Waals surface area contributed by atoms with Gasteiger partial charge in [-0.1, -0.05) is 24.3 Å². The highest BCUT2D eigenvalue weighted by atomic mass is 16.7. The van der Waals surface area contributed by atoms with Crippen LogP contribution in [0.15, 0.2) is 48.5 Å². The molecule has 1 heterocycles. The molecule has 1 aliphatic heterocycles. The molecule has 2 saturated carbocycles. The third-order valence-electron chi connectivity index (χ3n) is 8.00. The fourth-order valence-electron chi connectivity index (χ4n) is 5.69. The number of carbonyl (C=O) groups excluding carboxylic acids is 1. The summed E-state index contributed by atoms with van der Waals surface area (Å²) < 4.78 is 22.3. The van der Waals surface area contributed by atoms with Crippen molar-refractivity contribution >= 4 is 5.97 Å². The summed E-state index contributed by atoms with van der Waals surface area (Å²) in [5.41, 5.74) is 2.70. The second-order valence-corrected chi connectivity index (χ2v) is 10.4. The summed E-state index contributed by atoms with van der Waals surface area (Å²) in [4.78, 5) is 12.8. The number of epoxide rings is 1. The molecule has 5 rings (SSSR count). The maximum absolute atomic E-state index is 12.8. The van der Waals surface area contributed by atoms with Gasteiger partial charge in [-0.15, -0.1) is 0 Å². The molecule has 36 heavy (non-hydrogen) atoms. The molecule has 190 valence electrons. The van der Waals surface area contributed by atoms with Crippen LogP contribution in [0.2, 0.25) is 0 Å². The smallest absolute Gasteiger partial charge is 0.314 e. The number of nitriles is 1. The standard InChI is InChI=1S/C30H35NO5/c31-17-21-1-3-22(4-2-21)25-11-15-28(16-12-25)36-30(32)26-7-5-23(6-8-26)24-9-13-27(14-10-24)35-20-33-18-29-19-34-29/h1-4,11-12,15-16,23-24,26-27,29H,5-10,13-14,18-20H2. The van der Waals surface area contributed by atoms with Crippen molar-refractivity contribution in [1.82, 2.24) is 0 Å². The van der Waals surface area contributed by atoms with Crippen molar-refractivity contribution in [2.75, 3.05) is 20.0 Å². The molecule has 6 heteroatoms. The predicted octanol–water partition coefficient (Wildman–Crippen LogP) is 5.89. The molecule has 0 spiro atoms. The van der Waals surface area contributed by atoms with Gasteiger partial charge in [-0.2, -0.15) is 5.26 Å². The first kappa shape index (κ1) is 25.0. The van der Waals surface area contributed by atoms with Crippen LogP contribution in [-0.4, -0.2) is 38.2 Å². The van der Waals surface area contributed by atoms with Gasteiger partial charge in [0.2, 0.25) is 0 Å². The van der Waals surface area contributed by atoms with Crippen LogP contribution < -0.4 is 4.74 Å². The SMILES string of the molecule is N#Cc1ccc(-c2ccc(OC(=O)C3CCC(C4CCC(OCOCC5CO5)CC4)CC3)cc2)cc1. The van der Waals surface area contributed by atoms with Crippen LogP contribution in [0.3, 0.4) is 0 Å². The average molecular weight is 490 g/mol. The van der Waals surface area contributed by atoms with Crippen molar-refractivity contribution in [3.05, 3.63) is 54.1 Å². The van der Waals surface area contributed by atoms with E-state index < -0.39 is 0 Å². The Morgan fingerprint density at radius 2 is 1.44 bits per heavy atom. The van der Waals surface area contributed by atoms with Gasteiger partial charge in [-0.3, -0.25) is 4.79 Å². The third kappa shape index (κ3) is 6.73. The quantitative estimate of drug-likeness (QED) is 0.144. The Morgan fingerprint density at radius 1 is 0.861 bits per heavy atom. The van der Waals surface area contributed by atoms with Crippen molar-refractivity contribution in [3.63, 3.8) is 0 Å². The predicted molar refractivity (Wildman–Crippen MR) is 135 cm³/mol. The number of hydrogen-bond acceptors (Lipinski definition) is 6. The number of ether oxygens (including phenoxy) is 4. The summed E-state index contributed by atoms with van der Waals surface area (Å²) in [7, 11) is 0. The molecule has 2 aliphatic carbocycles. The van der Waals surface area contributed by atoms with Gasteiger partial charge in [0.15, 0.2) is 0 Å². The van der Waals surface area contributed by atoms with Crippen LogP contribution in [0, 0.1) is 29.1 Å². The van der Waals surface area contributed by atoms with E-state index in [0.717, 1.165) is 62.2 Å². The van der Waals surface area contributed by atoms with Crippen LogP contribution >= 0.6 is 0 Å². The molecule has 6 nitrogen and oxygen atoms in total. The molecule has 1 atom stereocenters. The second-order valence-electron chi connectivity index (χ2n) is 10.4. The highest BCUT2D eigenvalue weighted by Crippen LogP contribution is 2.41. The van der Waals surface area contributed by atoms with Crippen LogP contribution in [0.5, 0.6) is 5.75 Å². The van der Waals surface area contributed by atoms with E-state index in [-0.39, 0.29) is 18.0 Å². The van der Waals surface area contributed by atoms with Crippen LogP contribution in [-0.2, 0) is 19.0 Å². The third-order valence-corrected chi connectivity index (χ3v) is 8.00. The van der Waals surface area contributed by atoms with E-state index in [0.29, 0.717) is 36.7 Å². The van der Waals surface area contributed by atoms with E-state index in [1.54, 1.807) is 12.1 Å². The lowest BCUT2D eigenvalue weighted by molar-refractivity contribution is -0.140. The molecule has 2 aromatic rings. The minimum atomic E-state index is -0.103.